The molecule has 1 aromatic carbocycles. The standard InChI is InChI=1S/C14H15N3O3/c1-2-17-12-5-9(4-3-8(12)7-15-17)16-13(18)10-6-11(10)14(19)20/h3-5,7,10-11H,2,6H2,1H3,(H,16,18)(H,19,20)/t10-,11-/m1/s1. The quantitative estimate of drug-likeness (QED) is 0.888. The summed E-state index contributed by atoms with van der Waals surface area (Å²) in [6, 6.07) is 5.56. The van der Waals surface area contributed by atoms with E-state index in [1.807, 2.05) is 23.7 Å². The molecule has 0 aliphatic heterocycles. The van der Waals surface area contributed by atoms with Gasteiger partial charge in [0.1, 0.15) is 0 Å². The van der Waals surface area contributed by atoms with Gasteiger partial charge in [0.25, 0.3) is 0 Å². The number of nitrogens with one attached hydrogen (secondary N) is 1. The van der Waals surface area contributed by atoms with E-state index in [0.29, 0.717) is 12.1 Å². The van der Waals surface area contributed by atoms with Crippen LogP contribution in [0.25, 0.3) is 10.9 Å². The predicted octanol–water partition coefficient (Wildman–Crippen LogP) is 1.72. The first-order valence-electron chi connectivity index (χ1n) is 6.59. The summed E-state index contributed by atoms with van der Waals surface area (Å²) in [5.41, 5.74) is 1.63. The van der Waals surface area contributed by atoms with E-state index in [-0.39, 0.29) is 5.91 Å². The van der Waals surface area contributed by atoms with Crippen molar-refractivity contribution in [2.24, 2.45) is 11.8 Å². The summed E-state index contributed by atoms with van der Waals surface area (Å²) in [7, 11) is 0. The van der Waals surface area contributed by atoms with Crippen LogP contribution in [0.15, 0.2) is 24.4 Å². The van der Waals surface area contributed by atoms with E-state index in [1.165, 1.54) is 0 Å². The van der Waals surface area contributed by atoms with Gasteiger partial charge in [-0.05, 0) is 31.5 Å². The third-order valence-electron chi connectivity index (χ3n) is 3.66. The van der Waals surface area contributed by atoms with Crippen LogP contribution in [0.4, 0.5) is 5.69 Å². The molecule has 2 N–H and O–H groups in total. The number of carbonyl (C=O) groups is 2. The Kier molecular flexibility index (Phi) is 2.93. The van der Waals surface area contributed by atoms with Gasteiger partial charge in [-0.1, -0.05) is 0 Å². The second-order valence-electron chi connectivity index (χ2n) is 5.01. The number of amides is 1. The highest BCUT2D eigenvalue weighted by Crippen LogP contribution is 2.39. The summed E-state index contributed by atoms with van der Waals surface area (Å²) in [6.45, 7) is 2.75. The van der Waals surface area contributed by atoms with Gasteiger partial charge in [-0.3, -0.25) is 14.3 Å². The second kappa shape index (κ2) is 4.63. The lowest BCUT2D eigenvalue weighted by Gasteiger charge is -2.05. The fourth-order valence-electron chi connectivity index (χ4n) is 2.39. The van der Waals surface area contributed by atoms with E-state index in [4.69, 9.17) is 5.11 Å². The Morgan fingerprint density at radius 3 is 2.90 bits per heavy atom. The minimum atomic E-state index is -0.898. The third kappa shape index (κ3) is 2.13. The number of hydrogen-bond acceptors (Lipinski definition) is 3. The van der Waals surface area contributed by atoms with E-state index in [9.17, 15) is 9.59 Å². The molecule has 1 fully saturated rings. The van der Waals surface area contributed by atoms with Gasteiger partial charge >= 0.3 is 5.97 Å². The number of nitrogens with zero attached hydrogens (tertiary/aromatic N) is 2. The van der Waals surface area contributed by atoms with E-state index in [1.54, 1.807) is 12.3 Å². The number of hydrogen-bond donors (Lipinski definition) is 2. The van der Waals surface area contributed by atoms with Crippen LogP contribution in [0.5, 0.6) is 0 Å². The van der Waals surface area contributed by atoms with Crippen molar-refractivity contribution in [2.75, 3.05) is 5.32 Å². The minimum absolute atomic E-state index is 0.223. The Hall–Kier alpha value is -2.37. The van der Waals surface area contributed by atoms with Crippen molar-refractivity contribution in [2.45, 2.75) is 19.9 Å². The van der Waals surface area contributed by atoms with E-state index in [2.05, 4.69) is 10.4 Å². The molecule has 104 valence electrons. The lowest BCUT2D eigenvalue weighted by Crippen LogP contribution is -2.16. The Bertz CT molecular complexity index is 692. The molecule has 0 radical (unpaired) electrons. The summed E-state index contributed by atoms with van der Waals surface area (Å²) in [5, 5.41) is 16.9. The number of aromatic nitrogens is 2. The zero-order chi connectivity index (χ0) is 14.3. The molecule has 0 unspecified atom stereocenters. The van der Waals surface area contributed by atoms with Crippen LogP contribution in [0.2, 0.25) is 0 Å². The molecular weight excluding hydrogens is 258 g/mol. The van der Waals surface area contributed by atoms with Gasteiger partial charge in [-0.15, -0.1) is 0 Å². The van der Waals surface area contributed by atoms with Gasteiger partial charge in [0.15, 0.2) is 0 Å². The number of aliphatic carboxylic acids is 1. The van der Waals surface area contributed by atoms with Crippen LogP contribution in [0.3, 0.4) is 0 Å². The summed E-state index contributed by atoms with van der Waals surface area (Å²) in [5.74, 6) is -2.05. The molecule has 1 aliphatic carbocycles. The molecule has 1 aliphatic rings. The number of fused-ring (bicyclic) bond motifs is 1. The Labute approximate surface area is 115 Å². The fourth-order valence-corrected chi connectivity index (χ4v) is 2.39. The topological polar surface area (TPSA) is 84.2 Å². The lowest BCUT2D eigenvalue weighted by atomic mass is 10.2. The van der Waals surface area contributed by atoms with Gasteiger partial charge in [-0.25, -0.2) is 0 Å². The number of anilines is 1. The number of carbonyl (C=O) groups excluding carboxylic acids is 1. The molecule has 6 heteroatoms. The zero-order valence-corrected chi connectivity index (χ0v) is 11.0. The maximum absolute atomic E-state index is 11.9. The second-order valence-corrected chi connectivity index (χ2v) is 5.01. The predicted molar refractivity (Wildman–Crippen MR) is 73.3 cm³/mol. The molecule has 0 spiro atoms. The van der Waals surface area contributed by atoms with E-state index < -0.39 is 17.8 Å². The maximum atomic E-state index is 11.9. The third-order valence-corrected chi connectivity index (χ3v) is 3.66. The molecule has 0 bridgehead atoms. The molecular formula is C14H15N3O3. The summed E-state index contributed by atoms with van der Waals surface area (Å²) in [6.07, 6.45) is 2.21. The average Bonchev–Trinajstić information content (AvgIpc) is 3.14. The monoisotopic (exact) mass is 273 g/mol. The molecule has 2 aromatic rings. The van der Waals surface area contributed by atoms with Crippen LogP contribution in [-0.4, -0.2) is 26.8 Å². The smallest absolute Gasteiger partial charge is 0.307 e. The Morgan fingerprint density at radius 1 is 1.45 bits per heavy atom. The van der Waals surface area contributed by atoms with Gasteiger partial charge < -0.3 is 10.4 Å². The highest BCUT2D eigenvalue weighted by Gasteiger charge is 2.48. The molecule has 1 aromatic heterocycles. The number of carboxylic acid groups (broad SMARTS) is 1. The molecule has 3 rings (SSSR count). The van der Waals surface area contributed by atoms with Crippen molar-refractivity contribution in [1.29, 1.82) is 0 Å². The lowest BCUT2D eigenvalue weighted by molar-refractivity contribution is -0.139. The summed E-state index contributed by atoms with van der Waals surface area (Å²) >= 11 is 0. The average molecular weight is 273 g/mol. The first-order chi connectivity index (χ1) is 9.60. The minimum Gasteiger partial charge on any atom is -0.481 e. The van der Waals surface area contributed by atoms with Gasteiger partial charge in [-0.2, -0.15) is 5.10 Å². The van der Waals surface area contributed by atoms with Crippen molar-refractivity contribution < 1.29 is 14.7 Å². The Morgan fingerprint density at radius 2 is 2.25 bits per heavy atom. The van der Waals surface area contributed by atoms with Crippen LogP contribution < -0.4 is 5.32 Å². The van der Waals surface area contributed by atoms with E-state index in [0.717, 1.165) is 17.4 Å². The molecule has 1 heterocycles. The van der Waals surface area contributed by atoms with Gasteiger partial charge in [0.05, 0.1) is 23.5 Å². The first-order valence-corrected chi connectivity index (χ1v) is 6.59. The van der Waals surface area contributed by atoms with Crippen LogP contribution in [0.1, 0.15) is 13.3 Å². The highest BCUT2D eigenvalue weighted by molar-refractivity contribution is 5.99. The normalized spacial score (nSPS) is 20.9. The molecule has 1 saturated carbocycles. The molecule has 1 amide bonds. The zero-order valence-electron chi connectivity index (χ0n) is 11.0. The number of aryl methyl sites for hydroxylation is 1. The first kappa shape index (κ1) is 12.7. The molecule has 2 atom stereocenters. The van der Waals surface area contributed by atoms with Gasteiger partial charge in [0.2, 0.25) is 5.91 Å². The maximum Gasteiger partial charge on any atom is 0.307 e. The number of rotatable bonds is 4. The van der Waals surface area contributed by atoms with Crippen molar-refractivity contribution >= 4 is 28.5 Å². The molecule has 20 heavy (non-hydrogen) atoms. The van der Waals surface area contributed by atoms with Crippen molar-refractivity contribution in [3.8, 4) is 0 Å². The highest BCUT2D eigenvalue weighted by atomic mass is 16.4. The largest absolute Gasteiger partial charge is 0.481 e. The molecule has 6 nitrogen and oxygen atoms in total. The van der Waals surface area contributed by atoms with Crippen molar-refractivity contribution in [1.82, 2.24) is 9.78 Å². The summed E-state index contributed by atoms with van der Waals surface area (Å²) in [4.78, 5) is 22.7. The van der Waals surface area contributed by atoms with Crippen molar-refractivity contribution in [3.05, 3.63) is 24.4 Å². The van der Waals surface area contributed by atoms with Gasteiger partial charge in [0, 0.05) is 17.6 Å². The fraction of sp³-hybridized carbons (Fsp3) is 0.357. The van der Waals surface area contributed by atoms with Crippen LogP contribution in [0, 0.1) is 11.8 Å². The SMILES string of the molecule is CCn1ncc2ccc(NC(=O)[C@@H]3C[C@H]3C(=O)O)cc21. The number of carboxylic acids is 1. The van der Waals surface area contributed by atoms with Crippen LogP contribution in [-0.2, 0) is 16.1 Å². The summed E-state index contributed by atoms with van der Waals surface area (Å²) < 4.78 is 1.85. The van der Waals surface area contributed by atoms with E-state index >= 15 is 0 Å². The molecule has 0 saturated heterocycles. The Balaban J connectivity index is 1.78. The van der Waals surface area contributed by atoms with Crippen LogP contribution >= 0.6 is 0 Å². The number of benzene rings is 1. The van der Waals surface area contributed by atoms with Crippen molar-refractivity contribution in [3.63, 3.8) is 0 Å².